The predicted octanol–water partition coefficient (Wildman–Crippen LogP) is 3.43. The summed E-state index contributed by atoms with van der Waals surface area (Å²) in [6.07, 6.45) is 1.40. The molecule has 0 aliphatic carbocycles. The van der Waals surface area contributed by atoms with Crippen LogP contribution in [-0.4, -0.2) is 37.4 Å². The second-order valence-electron chi connectivity index (χ2n) is 6.40. The van der Waals surface area contributed by atoms with Crippen molar-refractivity contribution < 1.29 is 24.2 Å². The Labute approximate surface area is 179 Å². The number of nitrogens with zero attached hydrogens (tertiary/aromatic N) is 1. The molecular formula is C23H21N3O5. The molecule has 2 amide bonds. The van der Waals surface area contributed by atoms with E-state index in [1.165, 1.54) is 32.6 Å². The smallest absolute Gasteiger partial charge is 0.273 e. The monoisotopic (exact) mass is 419 g/mol. The molecule has 0 bridgehead atoms. The molecule has 3 N–H and O–H groups in total. The van der Waals surface area contributed by atoms with Crippen molar-refractivity contribution in [2.45, 2.75) is 0 Å². The average molecular weight is 419 g/mol. The van der Waals surface area contributed by atoms with Gasteiger partial charge in [-0.05, 0) is 42.0 Å². The first-order chi connectivity index (χ1) is 15.0. The Bertz CT molecular complexity index is 1110. The molecule has 0 saturated heterocycles. The van der Waals surface area contributed by atoms with Gasteiger partial charge in [0.05, 0.1) is 31.7 Å². The van der Waals surface area contributed by atoms with E-state index in [0.29, 0.717) is 28.3 Å². The number of hydrogen-bond acceptors (Lipinski definition) is 6. The van der Waals surface area contributed by atoms with E-state index in [1.807, 2.05) is 0 Å². The molecule has 0 radical (unpaired) electrons. The molecule has 0 saturated carbocycles. The van der Waals surface area contributed by atoms with Crippen LogP contribution in [-0.2, 0) is 0 Å². The number of aromatic hydroxyl groups is 1. The molecule has 3 aromatic carbocycles. The van der Waals surface area contributed by atoms with Gasteiger partial charge in [0.15, 0.2) is 0 Å². The lowest BCUT2D eigenvalue weighted by atomic mass is 10.1. The SMILES string of the molecule is COc1cc(OC)cc(C(=O)Nc2ccccc2C(=O)N/N=C/c2cccc(O)c2)c1. The summed E-state index contributed by atoms with van der Waals surface area (Å²) >= 11 is 0. The second kappa shape index (κ2) is 9.93. The minimum absolute atomic E-state index is 0.0949. The first kappa shape index (κ1) is 21.4. The summed E-state index contributed by atoms with van der Waals surface area (Å²) in [6, 6.07) is 17.8. The fourth-order valence-corrected chi connectivity index (χ4v) is 2.75. The summed E-state index contributed by atoms with van der Waals surface area (Å²) in [6.45, 7) is 0. The Morgan fingerprint density at radius 1 is 0.903 bits per heavy atom. The number of carbonyl (C=O) groups excluding carboxylic acids is 2. The first-order valence-electron chi connectivity index (χ1n) is 9.26. The van der Waals surface area contributed by atoms with Gasteiger partial charge >= 0.3 is 0 Å². The molecule has 8 nitrogen and oxygen atoms in total. The van der Waals surface area contributed by atoms with Gasteiger partial charge in [0, 0.05) is 11.6 Å². The van der Waals surface area contributed by atoms with Crippen molar-refractivity contribution >= 4 is 23.7 Å². The van der Waals surface area contributed by atoms with Crippen LogP contribution in [0.5, 0.6) is 17.2 Å². The van der Waals surface area contributed by atoms with Crippen LogP contribution in [0, 0.1) is 0 Å². The lowest BCUT2D eigenvalue weighted by Crippen LogP contribution is -2.21. The van der Waals surface area contributed by atoms with Gasteiger partial charge in [-0.15, -0.1) is 0 Å². The van der Waals surface area contributed by atoms with Crippen LogP contribution >= 0.6 is 0 Å². The van der Waals surface area contributed by atoms with Gasteiger partial charge in [-0.25, -0.2) is 5.43 Å². The van der Waals surface area contributed by atoms with Gasteiger partial charge in [0.25, 0.3) is 11.8 Å². The van der Waals surface area contributed by atoms with Gasteiger partial charge in [-0.2, -0.15) is 5.10 Å². The van der Waals surface area contributed by atoms with Crippen molar-refractivity contribution in [3.05, 3.63) is 83.4 Å². The molecule has 0 heterocycles. The van der Waals surface area contributed by atoms with Crippen molar-refractivity contribution in [3.63, 3.8) is 0 Å². The quantitative estimate of drug-likeness (QED) is 0.402. The summed E-state index contributed by atoms with van der Waals surface area (Å²) in [5, 5.41) is 16.1. The number of carbonyl (C=O) groups is 2. The second-order valence-corrected chi connectivity index (χ2v) is 6.40. The van der Waals surface area contributed by atoms with Crippen LogP contribution in [0.15, 0.2) is 71.8 Å². The highest BCUT2D eigenvalue weighted by Gasteiger charge is 2.15. The van der Waals surface area contributed by atoms with E-state index in [9.17, 15) is 14.7 Å². The molecule has 31 heavy (non-hydrogen) atoms. The zero-order valence-corrected chi connectivity index (χ0v) is 17.0. The van der Waals surface area contributed by atoms with Gasteiger partial charge < -0.3 is 19.9 Å². The van der Waals surface area contributed by atoms with Gasteiger partial charge in [0.1, 0.15) is 17.2 Å². The maximum atomic E-state index is 12.7. The molecular weight excluding hydrogens is 398 g/mol. The van der Waals surface area contributed by atoms with Crippen molar-refractivity contribution in [3.8, 4) is 17.2 Å². The van der Waals surface area contributed by atoms with E-state index in [-0.39, 0.29) is 11.3 Å². The molecule has 0 aliphatic rings. The third kappa shape index (κ3) is 5.60. The Kier molecular flexibility index (Phi) is 6.85. The van der Waals surface area contributed by atoms with Crippen LogP contribution < -0.4 is 20.2 Å². The standard InChI is InChI=1S/C23H21N3O5/c1-30-18-11-16(12-19(13-18)31-2)22(28)25-21-9-4-3-8-20(21)23(29)26-24-14-15-6-5-7-17(27)10-15/h3-14,27H,1-2H3,(H,25,28)(H,26,29)/b24-14+. The predicted molar refractivity (Wildman–Crippen MR) is 117 cm³/mol. The molecule has 0 aromatic heterocycles. The first-order valence-corrected chi connectivity index (χ1v) is 9.26. The van der Waals surface area contributed by atoms with Gasteiger partial charge in [0.2, 0.25) is 0 Å². The Morgan fingerprint density at radius 2 is 1.61 bits per heavy atom. The summed E-state index contributed by atoms with van der Waals surface area (Å²) in [4.78, 5) is 25.3. The average Bonchev–Trinajstić information content (AvgIpc) is 2.79. The third-order valence-corrected chi connectivity index (χ3v) is 4.28. The minimum atomic E-state index is -0.504. The van der Waals surface area contributed by atoms with Crippen LogP contribution in [0.25, 0.3) is 0 Å². The van der Waals surface area contributed by atoms with E-state index >= 15 is 0 Å². The number of methoxy groups -OCH3 is 2. The minimum Gasteiger partial charge on any atom is -0.508 e. The highest BCUT2D eigenvalue weighted by molar-refractivity contribution is 6.09. The largest absolute Gasteiger partial charge is 0.508 e. The number of anilines is 1. The van der Waals surface area contributed by atoms with Gasteiger partial charge in [-0.3, -0.25) is 9.59 Å². The highest BCUT2D eigenvalue weighted by Crippen LogP contribution is 2.24. The Balaban J connectivity index is 1.75. The highest BCUT2D eigenvalue weighted by atomic mass is 16.5. The molecule has 8 heteroatoms. The van der Waals surface area contributed by atoms with Crippen LogP contribution in [0.2, 0.25) is 0 Å². The molecule has 158 valence electrons. The van der Waals surface area contributed by atoms with E-state index in [1.54, 1.807) is 54.6 Å². The zero-order chi connectivity index (χ0) is 22.2. The van der Waals surface area contributed by atoms with E-state index in [4.69, 9.17) is 9.47 Å². The van der Waals surface area contributed by atoms with Crippen molar-refractivity contribution in [2.24, 2.45) is 5.10 Å². The number of rotatable bonds is 7. The molecule has 3 aromatic rings. The fraction of sp³-hybridized carbons (Fsp3) is 0.0870. The number of phenols is 1. The molecule has 0 aliphatic heterocycles. The van der Waals surface area contributed by atoms with Crippen LogP contribution in [0.1, 0.15) is 26.3 Å². The maximum absolute atomic E-state index is 12.7. The lowest BCUT2D eigenvalue weighted by molar-refractivity contribution is 0.0956. The summed E-state index contributed by atoms with van der Waals surface area (Å²) < 4.78 is 10.4. The molecule has 0 spiro atoms. The van der Waals surface area contributed by atoms with Crippen molar-refractivity contribution in [2.75, 3.05) is 19.5 Å². The van der Waals surface area contributed by atoms with Crippen molar-refractivity contribution in [1.82, 2.24) is 5.43 Å². The Morgan fingerprint density at radius 3 is 2.29 bits per heavy atom. The normalized spacial score (nSPS) is 10.5. The maximum Gasteiger partial charge on any atom is 0.273 e. The number of hydrogen-bond donors (Lipinski definition) is 3. The van der Waals surface area contributed by atoms with Crippen LogP contribution in [0.3, 0.4) is 0 Å². The summed E-state index contributed by atoms with van der Waals surface area (Å²) in [7, 11) is 2.99. The number of para-hydroxylation sites is 1. The summed E-state index contributed by atoms with van der Waals surface area (Å²) in [5.41, 5.74) is 3.90. The molecule has 0 unspecified atom stereocenters. The molecule has 0 atom stereocenters. The van der Waals surface area contributed by atoms with Gasteiger partial charge in [-0.1, -0.05) is 24.3 Å². The van der Waals surface area contributed by atoms with E-state index in [2.05, 4.69) is 15.8 Å². The number of amides is 2. The topological polar surface area (TPSA) is 109 Å². The Hall–Kier alpha value is -4.33. The number of ether oxygens (including phenoxy) is 2. The van der Waals surface area contributed by atoms with Crippen molar-refractivity contribution in [1.29, 1.82) is 0 Å². The van der Waals surface area contributed by atoms with E-state index < -0.39 is 11.8 Å². The molecule has 0 fully saturated rings. The number of nitrogens with one attached hydrogen (secondary N) is 2. The number of benzene rings is 3. The zero-order valence-electron chi connectivity index (χ0n) is 17.0. The lowest BCUT2D eigenvalue weighted by Gasteiger charge is -2.12. The number of phenolic OH excluding ortho intramolecular Hbond substituents is 1. The fourth-order valence-electron chi connectivity index (χ4n) is 2.75. The van der Waals surface area contributed by atoms with E-state index in [0.717, 1.165) is 0 Å². The third-order valence-electron chi connectivity index (χ3n) is 4.28. The number of hydrazone groups is 1. The summed E-state index contributed by atoms with van der Waals surface area (Å²) in [5.74, 6) is 0.0994. The van der Waals surface area contributed by atoms with Crippen LogP contribution in [0.4, 0.5) is 5.69 Å². The molecule has 3 rings (SSSR count).